The van der Waals surface area contributed by atoms with Crippen molar-refractivity contribution in [3.8, 4) is 0 Å². The van der Waals surface area contributed by atoms with Crippen LogP contribution >= 0.6 is 0 Å². The van der Waals surface area contributed by atoms with E-state index >= 15 is 0 Å². The molecule has 0 bridgehead atoms. The molecule has 2 fully saturated rings. The van der Waals surface area contributed by atoms with Crippen molar-refractivity contribution in [3.05, 3.63) is 0 Å². The fourth-order valence-corrected chi connectivity index (χ4v) is 2.32. The van der Waals surface area contributed by atoms with Gasteiger partial charge in [-0.25, -0.2) is 0 Å². The van der Waals surface area contributed by atoms with Gasteiger partial charge in [0.1, 0.15) is 0 Å². The summed E-state index contributed by atoms with van der Waals surface area (Å²) in [6.07, 6.45) is 4.56. The van der Waals surface area contributed by atoms with E-state index in [9.17, 15) is 0 Å². The van der Waals surface area contributed by atoms with Gasteiger partial charge < -0.3 is 15.0 Å². The second kappa shape index (κ2) is 4.81. The molecule has 1 aliphatic carbocycles. The number of nitrogens with one attached hydrogen (secondary N) is 1. The number of hydrogen-bond acceptors (Lipinski definition) is 3. The van der Waals surface area contributed by atoms with Crippen molar-refractivity contribution >= 4 is 0 Å². The van der Waals surface area contributed by atoms with E-state index in [1.165, 1.54) is 25.8 Å². The molecule has 88 valence electrons. The van der Waals surface area contributed by atoms with Gasteiger partial charge in [0.2, 0.25) is 0 Å². The minimum atomic E-state index is 0.399. The maximum absolute atomic E-state index is 5.71. The van der Waals surface area contributed by atoms with Crippen molar-refractivity contribution < 1.29 is 4.74 Å². The second-order valence-electron chi connectivity index (χ2n) is 5.24. The summed E-state index contributed by atoms with van der Waals surface area (Å²) in [5.41, 5.74) is 0.653. The van der Waals surface area contributed by atoms with Crippen molar-refractivity contribution in [2.45, 2.75) is 32.3 Å². The van der Waals surface area contributed by atoms with Gasteiger partial charge in [-0.1, -0.05) is 6.92 Å². The molecule has 1 atom stereocenters. The molecule has 1 unspecified atom stereocenters. The van der Waals surface area contributed by atoms with Crippen molar-refractivity contribution in [1.29, 1.82) is 0 Å². The molecule has 1 N–H and O–H groups in total. The molecule has 1 saturated heterocycles. The molecule has 0 spiro atoms. The highest BCUT2D eigenvalue weighted by molar-refractivity contribution is 4.93. The molecule has 1 heterocycles. The lowest BCUT2D eigenvalue weighted by atomic mass is 10.0. The zero-order valence-electron chi connectivity index (χ0n) is 10.1. The molecule has 0 radical (unpaired) electrons. The summed E-state index contributed by atoms with van der Waals surface area (Å²) in [6, 6.07) is 0. The summed E-state index contributed by atoms with van der Waals surface area (Å²) in [5.74, 6) is 0. The normalized spacial score (nSPS) is 30.4. The molecule has 2 aliphatic rings. The van der Waals surface area contributed by atoms with Gasteiger partial charge in [0, 0.05) is 26.2 Å². The van der Waals surface area contributed by atoms with E-state index in [0.29, 0.717) is 11.5 Å². The Morgan fingerprint density at radius 1 is 1.47 bits per heavy atom. The van der Waals surface area contributed by atoms with E-state index in [1.54, 1.807) is 0 Å². The Hall–Kier alpha value is -0.120. The smallest absolute Gasteiger partial charge is 0.0826 e. The van der Waals surface area contributed by atoms with Crippen LogP contribution in [0.25, 0.3) is 0 Å². The van der Waals surface area contributed by atoms with Crippen molar-refractivity contribution in [2.75, 3.05) is 39.8 Å². The van der Waals surface area contributed by atoms with E-state index < -0.39 is 0 Å². The third kappa shape index (κ3) is 3.16. The van der Waals surface area contributed by atoms with Gasteiger partial charge in [0.05, 0.1) is 12.7 Å². The Kier molecular flexibility index (Phi) is 3.65. The number of hydrogen-bond donors (Lipinski definition) is 1. The third-order valence-electron chi connectivity index (χ3n) is 3.92. The van der Waals surface area contributed by atoms with E-state index in [-0.39, 0.29) is 0 Å². The summed E-state index contributed by atoms with van der Waals surface area (Å²) in [4.78, 5) is 2.35. The highest BCUT2D eigenvalue weighted by Crippen LogP contribution is 2.47. The molecule has 1 saturated carbocycles. The molecule has 0 aromatic carbocycles. The van der Waals surface area contributed by atoms with Gasteiger partial charge in [0.15, 0.2) is 0 Å². The lowest BCUT2D eigenvalue weighted by Gasteiger charge is -2.30. The summed E-state index contributed by atoms with van der Waals surface area (Å²) in [5, 5.41) is 3.58. The van der Waals surface area contributed by atoms with Gasteiger partial charge in [-0.05, 0) is 31.7 Å². The van der Waals surface area contributed by atoms with Crippen LogP contribution in [0, 0.1) is 5.41 Å². The van der Waals surface area contributed by atoms with E-state index in [4.69, 9.17) is 4.74 Å². The van der Waals surface area contributed by atoms with Crippen LogP contribution in [-0.2, 0) is 4.74 Å². The lowest BCUT2D eigenvalue weighted by Crippen LogP contribution is -2.45. The highest BCUT2D eigenvalue weighted by Gasteiger charge is 2.40. The Balaban J connectivity index is 1.61. The van der Waals surface area contributed by atoms with Gasteiger partial charge >= 0.3 is 0 Å². The van der Waals surface area contributed by atoms with Crippen LogP contribution in [0.4, 0.5) is 0 Å². The number of likely N-dealkylation sites (N-methyl/N-ethyl adjacent to an activating group) is 1. The number of morpholine rings is 1. The van der Waals surface area contributed by atoms with Crippen molar-refractivity contribution in [3.63, 3.8) is 0 Å². The SMILES string of the molecule is CCC1(CNCC2CN(C)CCO2)CC1. The predicted octanol–water partition coefficient (Wildman–Crippen LogP) is 1.10. The summed E-state index contributed by atoms with van der Waals surface area (Å²) in [7, 11) is 2.17. The average molecular weight is 212 g/mol. The fourth-order valence-electron chi connectivity index (χ4n) is 2.32. The first-order valence-electron chi connectivity index (χ1n) is 6.25. The zero-order valence-corrected chi connectivity index (χ0v) is 10.1. The van der Waals surface area contributed by atoms with Crippen molar-refractivity contribution in [1.82, 2.24) is 10.2 Å². The quantitative estimate of drug-likeness (QED) is 0.738. The number of nitrogens with zero attached hydrogens (tertiary/aromatic N) is 1. The molecule has 3 nitrogen and oxygen atoms in total. The highest BCUT2D eigenvalue weighted by atomic mass is 16.5. The molecule has 0 aromatic heterocycles. The van der Waals surface area contributed by atoms with Gasteiger partial charge in [-0.2, -0.15) is 0 Å². The fraction of sp³-hybridized carbons (Fsp3) is 1.00. The van der Waals surface area contributed by atoms with Gasteiger partial charge in [0.25, 0.3) is 0 Å². The van der Waals surface area contributed by atoms with Crippen LogP contribution in [0.5, 0.6) is 0 Å². The zero-order chi connectivity index (χ0) is 10.7. The molecule has 0 aromatic rings. The molecule has 3 heteroatoms. The Morgan fingerprint density at radius 2 is 2.27 bits per heavy atom. The van der Waals surface area contributed by atoms with Gasteiger partial charge in [-0.15, -0.1) is 0 Å². The average Bonchev–Trinajstić information content (AvgIpc) is 2.99. The minimum Gasteiger partial charge on any atom is -0.374 e. The largest absolute Gasteiger partial charge is 0.374 e. The number of rotatable bonds is 5. The number of ether oxygens (including phenoxy) is 1. The van der Waals surface area contributed by atoms with Crippen LogP contribution in [0.15, 0.2) is 0 Å². The van der Waals surface area contributed by atoms with Crippen molar-refractivity contribution in [2.24, 2.45) is 5.41 Å². The Bertz CT molecular complexity index is 204. The third-order valence-corrected chi connectivity index (χ3v) is 3.92. The van der Waals surface area contributed by atoms with Crippen LogP contribution in [0.1, 0.15) is 26.2 Å². The summed E-state index contributed by atoms with van der Waals surface area (Å²) in [6.45, 7) is 7.56. The lowest BCUT2D eigenvalue weighted by molar-refractivity contribution is -0.0185. The molecule has 15 heavy (non-hydrogen) atoms. The maximum Gasteiger partial charge on any atom is 0.0826 e. The van der Waals surface area contributed by atoms with E-state index in [0.717, 1.165) is 26.2 Å². The predicted molar refractivity (Wildman–Crippen MR) is 62.1 cm³/mol. The van der Waals surface area contributed by atoms with E-state index in [1.807, 2.05) is 0 Å². The minimum absolute atomic E-state index is 0.399. The standard InChI is InChI=1S/C12H24N2O/c1-3-12(4-5-12)10-13-8-11-9-14(2)6-7-15-11/h11,13H,3-10H2,1-2H3. The molecule has 2 rings (SSSR count). The monoisotopic (exact) mass is 212 g/mol. The van der Waals surface area contributed by atoms with Crippen LogP contribution in [-0.4, -0.2) is 50.8 Å². The van der Waals surface area contributed by atoms with Crippen LogP contribution in [0.3, 0.4) is 0 Å². The van der Waals surface area contributed by atoms with Gasteiger partial charge in [-0.3, -0.25) is 0 Å². The first-order valence-corrected chi connectivity index (χ1v) is 6.25. The topological polar surface area (TPSA) is 24.5 Å². The molecular formula is C12H24N2O. The molecule has 1 aliphatic heterocycles. The molecular weight excluding hydrogens is 188 g/mol. The first-order chi connectivity index (χ1) is 7.24. The second-order valence-corrected chi connectivity index (χ2v) is 5.24. The Labute approximate surface area is 93.2 Å². The molecule has 0 amide bonds. The summed E-state index contributed by atoms with van der Waals surface area (Å²) < 4.78 is 5.71. The summed E-state index contributed by atoms with van der Waals surface area (Å²) >= 11 is 0. The van der Waals surface area contributed by atoms with E-state index in [2.05, 4.69) is 24.2 Å². The maximum atomic E-state index is 5.71. The van der Waals surface area contributed by atoms with Crippen LogP contribution < -0.4 is 5.32 Å². The van der Waals surface area contributed by atoms with Crippen LogP contribution in [0.2, 0.25) is 0 Å². The Morgan fingerprint density at radius 3 is 2.87 bits per heavy atom. The first kappa shape index (κ1) is 11.4.